The van der Waals surface area contributed by atoms with E-state index in [0.717, 1.165) is 32.5 Å². The Balaban J connectivity index is 1.36. The van der Waals surface area contributed by atoms with Gasteiger partial charge in [-0.3, -0.25) is 19.3 Å². The van der Waals surface area contributed by atoms with Crippen LogP contribution in [0.3, 0.4) is 0 Å². The van der Waals surface area contributed by atoms with Gasteiger partial charge in [-0.05, 0) is 42.7 Å². The third-order valence-corrected chi connectivity index (χ3v) is 7.36. The van der Waals surface area contributed by atoms with Crippen molar-refractivity contribution in [2.45, 2.75) is 57.7 Å². The summed E-state index contributed by atoms with van der Waals surface area (Å²) < 4.78 is 1.82. The highest BCUT2D eigenvalue weighted by Crippen LogP contribution is 2.41. The topological polar surface area (TPSA) is 61.7 Å². The highest BCUT2D eigenvalue weighted by molar-refractivity contribution is 6.07. The molecule has 2 fully saturated rings. The first-order valence-corrected chi connectivity index (χ1v) is 11.8. The smallest absolute Gasteiger partial charge is 0.309 e. The van der Waals surface area contributed by atoms with Gasteiger partial charge >= 0.3 is 6.03 Å². The fraction of sp³-hybridized carbons (Fsp3) is 0.560. The van der Waals surface area contributed by atoms with Crippen LogP contribution in [0.2, 0.25) is 0 Å². The van der Waals surface area contributed by atoms with E-state index in [1.807, 2.05) is 41.2 Å². The Hall–Kier alpha value is -2.67. The second kappa shape index (κ2) is 8.03. The molecule has 2 aromatic rings. The lowest BCUT2D eigenvalue weighted by atomic mass is 9.85. The van der Waals surface area contributed by atoms with Gasteiger partial charge in [-0.1, -0.05) is 38.1 Å². The van der Waals surface area contributed by atoms with Crippen LogP contribution in [-0.4, -0.2) is 67.6 Å². The average molecular weight is 436 g/mol. The SMILES string of the molecule is CC(C)CN1C(=O)N(C2Cc3ccccc3C2)C(=O)C12CCN(Cc1cnn(C)c1)CC2. The van der Waals surface area contributed by atoms with Crippen molar-refractivity contribution >= 4 is 11.9 Å². The second-order valence-electron chi connectivity index (χ2n) is 10.1. The summed E-state index contributed by atoms with van der Waals surface area (Å²) in [5, 5.41) is 4.27. The first-order valence-electron chi connectivity index (χ1n) is 11.8. The molecule has 0 bridgehead atoms. The molecule has 1 spiro atoms. The maximum absolute atomic E-state index is 13.9. The third kappa shape index (κ3) is 3.52. The van der Waals surface area contributed by atoms with Crippen LogP contribution < -0.4 is 0 Å². The summed E-state index contributed by atoms with van der Waals surface area (Å²) in [6.45, 7) is 7.32. The van der Waals surface area contributed by atoms with E-state index in [2.05, 4.69) is 36.0 Å². The van der Waals surface area contributed by atoms with Gasteiger partial charge < -0.3 is 4.90 Å². The predicted octanol–water partition coefficient (Wildman–Crippen LogP) is 2.84. The number of aryl methyl sites for hydroxylation is 1. The molecule has 3 amide bonds. The van der Waals surface area contributed by atoms with Crippen molar-refractivity contribution in [3.05, 3.63) is 53.3 Å². The number of amides is 3. The summed E-state index contributed by atoms with van der Waals surface area (Å²) in [5.41, 5.74) is 3.02. The molecule has 3 aliphatic rings. The molecule has 7 nitrogen and oxygen atoms in total. The summed E-state index contributed by atoms with van der Waals surface area (Å²) >= 11 is 0. The minimum Gasteiger partial charge on any atom is -0.309 e. The monoisotopic (exact) mass is 435 g/mol. The maximum atomic E-state index is 13.9. The van der Waals surface area contributed by atoms with Crippen molar-refractivity contribution in [3.63, 3.8) is 0 Å². The molecule has 0 saturated carbocycles. The van der Waals surface area contributed by atoms with Gasteiger partial charge in [0.2, 0.25) is 0 Å². The minimum absolute atomic E-state index is 0.0296. The molecule has 0 radical (unpaired) electrons. The van der Waals surface area contributed by atoms with Gasteiger partial charge in [-0.15, -0.1) is 0 Å². The summed E-state index contributed by atoms with van der Waals surface area (Å²) in [4.78, 5) is 33.5. The number of benzene rings is 1. The molecule has 1 aliphatic carbocycles. The van der Waals surface area contributed by atoms with E-state index in [1.165, 1.54) is 16.7 Å². The zero-order valence-corrected chi connectivity index (χ0v) is 19.3. The lowest BCUT2D eigenvalue weighted by Gasteiger charge is -2.42. The van der Waals surface area contributed by atoms with Crippen molar-refractivity contribution in [2.24, 2.45) is 13.0 Å². The number of carbonyl (C=O) groups excluding carboxylic acids is 2. The Kier molecular flexibility index (Phi) is 5.32. The molecule has 170 valence electrons. The largest absolute Gasteiger partial charge is 0.327 e. The fourth-order valence-corrected chi connectivity index (χ4v) is 5.77. The molecule has 2 aliphatic heterocycles. The van der Waals surface area contributed by atoms with Crippen LogP contribution in [0.25, 0.3) is 0 Å². The van der Waals surface area contributed by atoms with E-state index in [-0.39, 0.29) is 18.0 Å². The van der Waals surface area contributed by atoms with Crippen LogP contribution in [0.5, 0.6) is 0 Å². The van der Waals surface area contributed by atoms with Crippen molar-refractivity contribution in [2.75, 3.05) is 19.6 Å². The van der Waals surface area contributed by atoms with Gasteiger partial charge in [0.15, 0.2) is 0 Å². The molecule has 3 heterocycles. The first-order chi connectivity index (χ1) is 15.4. The number of hydrogen-bond acceptors (Lipinski definition) is 4. The molecular formula is C25H33N5O2. The number of rotatable bonds is 5. The van der Waals surface area contributed by atoms with E-state index in [0.29, 0.717) is 25.3 Å². The molecule has 1 aromatic carbocycles. The maximum Gasteiger partial charge on any atom is 0.327 e. The van der Waals surface area contributed by atoms with Crippen molar-refractivity contribution in [1.29, 1.82) is 0 Å². The van der Waals surface area contributed by atoms with E-state index in [4.69, 9.17) is 0 Å². The zero-order chi connectivity index (χ0) is 22.5. The number of urea groups is 1. The van der Waals surface area contributed by atoms with E-state index in [9.17, 15) is 9.59 Å². The lowest BCUT2D eigenvalue weighted by Crippen LogP contribution is -2.57. The first kappa shape index (κ1) is 21.2. The fourth-order valence-electron chi connectivity index (χ4n) is 5.77. The number of imide groups is 1. The molecule has 0 N–H and O–H groups in total. The number of piperidine rings is 1. The van der Waals surface area contributed by atoms with E-state index < -0.39 is 5.54 Å². The Bertz CT molecular complexity index is 996. The highest BCUT2D eigenvalue weighted by Gasteiger charge is 2.59. The molecule has 0 atom stereocenters. The average Bonchev–Trinajstić information content (AvgIpc) is 3.42. The van der Waals surface area contributed by atoms with Crippen molar-refractivity contribution < 1.29 is 9.59 Å². The van der Waals surface area contributed by atoms with E-state index >= 15 is 0 Å². The lowest BCUT2D eigenvalue weighted by molar-refractivity contribution is -0.137. The Morgan fingerprint density at radius 2 is 1.75 bits per heavy atom. The summed E-state index contributed by atoms with van der Waals surface area (Å²) in [7, 11) is 1.93. The number of hydrogen-bond donors (Lipinski definition) is 0. The number of nitrogens with zero attached hydrogens (tertiary/aromatic N) is 5. The molecule has 5 rings (SSSR count). The molecule has 1 aromatic heterocycles. The predicted molar refractivity (Wildman–Crippen MR) is 122 cm³/mol. The number of carbonyl (C=O) groups is 2. The Labute approximate surface area is 190 Å². The van der Waals surface area contributed by atoms with Crippen molar-refractivity contribution in [1.82, 2.24) is 24.5 Å². The quantitative estimate of drug-likeness (QED) is 0.678. The number of likely N-dealkylation sites (tertiary alicyclic amines) is 1. The zero-order valence-electron chi connectivity index (χ0n) is 19.3. The standard InChI is InChI=1S/C25H33N5O2/c1-18(2)15-29-24(32)30(22-12-20-6-4-5-7-21(20)13-22)23(31)25(29)8-10-28(11-9-25)17-19-14-26-27(3)16-19/h4-7,14,16,18,22H,8-13,15,17H2,1-3H3. The number of fused-ring (bicyclic) bond motifs is 1. The van der Waals surface area contributed by atoms with Crippen molar-refractivity contribution in [3.8, 4) is 0 Å². The van der Waals surface area contributed by atoms with Crippen LogP contribution in [0, 0.1) is 5.92 Å². The summed E-state index contributed by atoms with van der Waals surface area (Å²) in [6, 6.07) is 8.19. The van der Waals surface area contributed by atoms with Gasteiger partial charge in [0.25, 0.3) is 5.91 Å². The minimum atomic E-state index is -0.693. The van der Waals surface area contributed by atoms with Gasteiger partial charge in [-0.25, -0.2) is 4.79 Å². The van der Waals surface area contributed by atoms with Gasteiger partial charge in [0.05, 0.1) is 6.20 Å². The molecule has 7 heteroatoms. The Morgan fingerprint density at radius 1 is 1.09 bits per heavy atom. The van der Waals surface area contributed by atoms with Crippen LogP contribution in [-0.2, 0) is 31.2 Å². The molecular weight excluding hydrogens is 402 g/mol. The normalized spacial score (nSPS) is 21.4. The van der Waals surface area contributed by atoms with Crippen LogP contribution in [0.1, 0.15) is 43.4 Å². The van der Waals surface area contributed by atoms with Gasteiger partial charge in [0, 0.05) is 51.0 Å². The molecule has 0 unspecified atom stereocenters. The Morgan fingerprint density at radius 3 is 2.31 bits per heavy atom. The van der Waals surface area contributed by atoms with Crippen LogP contribution in [0.15, 0.2) is 36.7 Å². The molecule has 2 saturated heterocycles. The van der Waals surface area contributed by atoms with Crippen LogP contribution in [0.4, 0.5) is 4.79 Å². The number of aromatic nitrogens is 2. The van der Waals surface area contributed by atoms with Crippen LogP contribution >= 0.6 is 0 Å². The third-order valence-electron chi connectivity index (χ3n) is 7.36. The van der Waals surface area contributed by atoms with Gasteiger partial charge in [0.1, 0.15) is 5.54 Å². The second-order valence-corrected chi connectivity index (χ2v) is 10.1. The molecule has 32 heavy (non-hydrogen) atoms. The summed E-state index contributed by atoms with van der Waals surface area (Å²) in [6.07, 6.45) is 6.87. The van der Waals surface area contributed by atoms with E-state index in [1.54, 1.807) is 4.90 Å². The van der Waals surface area contributed by atoms with Gasteiger partial charge in [-0.2, -0.15) is 5.10 Å². The highest BCUT2D eigenvalue weighted by atomic mass is 16.2. The summed E-state index contributed by atoms with van der Waals surface area (Å²) in [5.74, 6) is 0.347.